The van der Waals surface area contributed by atoms with E-state index < -0.39 is 11.9 Å². The maximum atomic E-state index is 13.6. The minimum atomic E-state index is -0.746. The van der Waals surface area contributed by atoms with Crippen LogP contribution in [0.25, 0.3) is 10.9 Å². The molecule has 30 heavy (non-hydrogen) atoms. The summed E-state index contributed by atoms with van der Waals surface area (Å²) in [5.41, 5.74) is 3.51. The molecule has 0 aliphatic rings. The minimum absolute atomic E-state index is 0.0248. The van der Waals surface area contributed by atoms with E-state index >= 15 is 0 Å². The van der Waals surface area contributed by atoms with Crippen LogP contribution in [0.2, 0.25) is 0 Å². The summed E-state index contributed by atoms with van der Waals surface area (Å²) in [4.78, 5) is 3.35. The van der Waals surface area contributed by atoms with E-state index in [2.05, 4.69) is 40.8 Å². The van der Waals surface area contributed by atoms with Gasteiger partial charge in [-0.25, -0.2) is 4.39 Å². The summed E-state index contributed by atoms with van der Waals surface area (Å²) < 4.78 is 19.0. The molecule has 154 valence electrons. The first kappa shape index (κ1) is 20.1. The number of aliphatic hydroxyl groups excluding tert-OH is 1. The van der Waals surface area contributed by atoms with E-state index in [1.54, 1.807) is 18.2 Å². The summed E-state index contributed by atoms with van der Waals surface area (Å²) in [6.45, 7) is 1.03. The first-order chi connectivity index (χ1) is 14.7. The van der Waals surface area contributed by atoms with Gasteiger partial charge in [-0.3, -0.25) is 0 Å². The molecule has 0 saturated carbocycles. The second kappa shape index (κ2) is 9.57. The molecule has 0 fully saturated rings. The summed E-state index contributed by atoms with van der Waals surface area (Å²) in [7, 11) is 0. The highest BCUT2D eigenvalue weighted by molar-refractivity contribution is 5.84. The fourth-order valence-electron chi connectivity index (χ4n) is 3.68. The van der Waals surface area contributed by atoms with Crippen molar-refractivity contribution in [2.75, 3.05) is 19.7 Å². The van der Waals surface area contributed by atoms with Crippen molar-refractivity contribution < 1.29 is 14.2 Å². The van der Waals surface area contributed by atoms with Gasteiger partial charge in [0.1, 0.15) is 12.7 Å². The van der Waals surface area contributed by atoms with E-state index in [1.807, 2.05) is 30.3 Å². The van der Waals surface area contributed by atoms with Crippen LogP contribution in [0.15, 0.2) is 85.1 Å². The number of halogens is 1. The second-order valence-corrected chi connectivity index (χ2v) is 7.31. The Bertz CT molecular complexity index is 1080. The summed E-state index contributed by atoms with van der Waals surface area (Å²) in [5, 5.41) is 14.8. The summed E-state index contributed by atoms with van der Waals surface area (Å²) in [5.74, 6) is -0.152. The number of aromatic nitrogens is 1. The third-order valence-electron chi connectivity index (χ3n) is 5.19. The maximum Gasteiger partial charge on any atom is 0.165 e. The summed E-state index contributed by atoms with van der Waals surface area (Å²) in [6.07, 6.45) is 1.31. The van der Waals surface area contributed by atoms with Gasteiger partial charge in [0.2, 0.25) is 0 Å². The average Bonchev–Trinajstić information content (AvgIpc) is 3.21. The van der Waals surface area contributed by atoms with Crippen LogP contribution >= 0.6 is 0 Å². The van der Waals surface area contributed by atoms with Crippen LogP contribution in [0.5, 0.6) is 5.75 Å². The first-order valence-corrected chi connectivity index (χ1v) is 10.1. The first-order valence-electron chi connectivity index (χ1n) is 10.1. The van der Waals surface area contributed by atoms with Crippen molar-refractivity contribution in [2.24, 2.45) is 0 Å². The zero-order valence-corrected chi connectivity index (χ0v) is 16.6. The number of nitrogens with one attached hydrogen (secondary N) is 2. The third-order valence-corrected chi connectivity index (χ3v) is 5.19. The number of hydrogen-bond acceptors (Lipinski definition) is 3. The number of fused-ring (bicyclic) bond motifs is 1. The molecule has 0 amide bonds. The molecule has 3 N–H and O–H groups in total. The van der Waals surface area contributed by atoms with Crippen LogP contribution in [0, 0.1) is 5.82 Å². The van der Waals surface area contributed by atoms with Crippen molar-refractivity contribution in [1.82, 2.24) is 10.3 Å². The van der Waals surface area contributed by atoms with Crippen LogP contribution in [0.1, 0.15) is 17.0 Å². The Morgan fingerprint density at radius 1 is 0.900 bits per heavy atom. The molecule has 0 radical (unpaired) electrons. The molecule has 1 heterocycles. The number of hydrogen-bond donors (Lipinski definition) is 3. The molecule has 3 aromatic carbocycles. The normalized spacial score (nSPS) is 13.3. The number of benzene rings is 3. The maximum absolute atomic E-state index is 13.6. The Morgan fingerprint density at radius 3 is 2.47 bits per heavy atom. The van der Waals surface area contributed by atoms with Crippen molar-refractivity contribution in [2.45, 2.75) is 12.0 Å². The van der Waals surface area contributed by atoms with Crippen LogP contribution in [-0.2, 0) is 0 Å². The molecule has 4 nitrogen and oxygen atoms in total. The van der Waals surface area contributed by atoms with Gasteiger partial charge in [0.25, 0.3) is 0 Å². The molecule has 5 heteroatoms. The van der Waals surface area contributed by atoms with Crippen molar-refractivity contribution in [3.05, 3.63) is 102 Å². The predicted octanol–water partition coefficient (Wildman–Crippen LogP) is 4.47. The van der Waals surface area contributed by atoms with E-state index in [0.29, 0.717) is 13.1 Å². The highest BCUT2D eigenvalue weighted by atomic mass is 19.1. The second-order valence-electron chi connectivity index (χ2n) is 7.31. The number of ether oxygens (including phenoxy) is 1. The monoisotopic (exact) mass is 404 g/mol. The fourth-order valence-corrected chi connectivity index (χ4v) is 3.68. The smallest absolute Gasteiger partial charge is 0.165 e. The van der Waals surface area contributed by atoms with Gasteiger partial charge >= 0.3 is 0 Å². The van der Waals surface area contributed by atoms with E-state index in [9.17, 15) is 9.50 Å². The van der Waals surface area contributed by atoms with Gasteiger partial charge in [0.15, 0.2) is 11.6 Å². The van der Waals surface area contributed by atoms with Gasteiger partial charge in [-0.05, 0) is 29.3 Å². The highest BCUT2D eigenvalue weighted by Gasteiger charge is 2.18. The number of H-pyrrole nitrogens is 1. The minimum Gasteiger partial charge on any atom is -0.488 e. The van der Waals surface area contributed by atoms with Gasteiger partial charge in [-0.2, -0.15) is 0 Å². The molecule has 0 aliphatic carbocycles. The summed E-state index contributed by atoms with van der Waals surface area (Å²) in [6, 6.07) is 24.8. The lowest BCUT2D eigenvalue weighted by atomic mass is 9.91. The third kappa shape index (κ3) is 4.70. The van der Waals surface area contributed by atoms with Crippen molar-refractivity contribution >= 4 is 10.9 Å². The molecule has 1 aromatic heterocycles. The van der Waals surface area contributed by atoms with Crippen LogP contribution in [-0.4, -0.2) is 35.9 Å². The average molecular weight is 404 g/mol. The van der Waals surface area contributed by atoms with Gasteiger partial charge in [0.05, 0.1) is 0 Å². The molecule has 2 unspecified atom stereocenters. The Balaban J connectivity index is 1.41. The lowest BCUT2D eigenvalue weighted by molar-refractivity contribution is 0.104. The van der Waals surface area contributed by atoms with E-state index in [1.165, 1.54) is 22.6 Å². The van der Waals surface area contributed by atoms with Crippen molar-refractivity contribution in [1.29, 1.82) is 0 Å². The lowest BCUT2D eigenvalue weighted by Gasteiger charge is -2.20. The Labute approximate surface area is 175 Å². The zero-order valence-electron chi connectivity index (χ0n) is 16.6. The van der Waals surface area contributed by atoms with Gasteiger partial charge in [-0.15, -0.1) is 0 Å². The topological polar surface area (TPSA) is 57.3 Å². The standard InChI is InChI=1S/C25H25FN2O2/c26-23-11-5-7-13-25(23)30-17-19(29)14-27-15-21(18-8-2-1-3-9-18)22-16-28-24-12-6-4-10-20(22)24/h1-13,16,19,21,27-29H,14-15,17H2. The van der Waals surface area contributed by atoms with Crippen LogP contribution in [0.3, 0.4) is 0 Å². The highest BCUT2D eigenvalue weighted by Crippen LogP contribution is 2.30. The Kier molecular flexibility index (Phi) is 6.42. The van der Waals surface area contributed by atoms with Gasteiger partial charge < -0.3 is 20.1 Å². The molecule has 0 spiro atoms. The van der Waals surface area contributed by atoms with E-state index in [-0.39, 0.29) is 18.3 Å². The van der Waals surface area contributed by atoms with Crippen LogP contribution < -0.4 is 10.1 Å². The molecule has 0 saturated heterocycles. The van der Waals surface area contributed by atoms with Gasteiger partial charge in [0, 0.05) is 36.1 Å². The zero-order chi connectivity index (χ0) is 20.8. The molecule has 4 rings (SSSR count). The van der Waals surface area contributed by atoms with Crippen molar-refractivity contribution in [3.63, 3.8) is 0 Å². The predicted molar refractivity (Wildman–Crippen MR) is 117 cm³/mol. The lowest BCUT2D eigenvalue weighted by Crippen LogP contribution is -2.34. The number of aromatic amines is 1. The number of para-hydroxylation sites is 2. The van der Waals surface area contributed by atoms with E-state index in [0.717, 1.165) is 5.52 Å². The quantitative estimate of drug-likeness (QED) is 0.386. The molecular weight excluding hydrogens is 379 g/mol. The molecule has 2 atom stereocenters. The Hall–Kier alpha value is -3.15. The van der Waals surface area contributed by atoms with Crippen LogP contribution in [0.4, 0.5) is 4.39 Å². The van der Waals surface area contributed by atoms with Crippen molar-refractivity contribution in [3.8, 4) is 5.75 Å². The summed E-state index contributed by atoms with van der Waals surface area (Å²) >= 11 is 0. The molecule has 4 aromatic rings. The molecule has 0 aliphatic heterocycles. The van der Waals surface area contributed by atoms with Gasteiger partial charge in [-0.1, -0.05) is 60.7 Å². The number of aliphatic hydroxyl groups is 1. The number of rotatable bonds is 9. The Morgan fingerprint density at radius 2 is 1.63 bits per heavy atom. The van der Waals surface area contributed by atoms with E-state index in [4.69, 9.17) is 4.74 Å². The fraction of sp³-hybridized carbons (Fsp3) is 0.200. The molecule has 0 bridgehead atoms. The SMILES string of the molecule is OC(CNCC(c1ccccc1)c1c[nH]c2ccccc12)COc1ccccc1F. The largest absolute Gasteiger partial charge is 0.488 e. The molecular formula is C25H25FN2O2.